The Labute approximate surface area is 149 Å². The number of hydrogen-bond donors (Lipinski definition) is 1. The van der Waals surface area contributed by atoms with Crippen molar-refractivity contribution in [2.75, 3.05) is 6.61 Å². The Morgan fingerprint density at radius 2 is 1.92 bits per heavy atom. The van der Waals surface area contributed by atoms with E-state index >= 15 is 0 Å². The Bertz CT molecular complexity index is 706. The zero-order valence-corrected chi connectivity index (χ0v) is 14.4. The summed E-state index contributed by atoms with van der Waals surface area (Å²) in [5.41, 5.74) is 5.83. The lowest BCUT2D eigenvalue weighted by atomic mass is 10.0. The highest BCUT2D eigenvalue weighted by molar-refractivity contribution is 5.96. The smallest absolute Gasteiger partial charge is 0.418 e. The molecule has 0 unspecified atom stereocenters. The molecule has 2 heterocycles. The van der Waals surface area contributed by atoms with Gasteiger partial charge in [0.05, 0.1) is 6.54 Å². The number of nitrogens with two attached hydrogens (primary N) is 1. The lowest BCUT2D eigenvalue weighted by Gasteiger charge is -2.27. The normalized spacial score (nSPS) is 27.5. The first-order chi connectivity index (χ1) is 12.3. The van der Waals surface area contributed by atoms with Gasteiger partial charge >= 0.3 is 18.2 Å². The minimum Gasteiger partial charge on any atom is -0.447 e. The molecule has 140 valence electrons. The molecule has 2 N–H and O–H groups in total. The maximum Gasteiger partial charge on any atom is 0.418 e. The molecule has 2 aliphatic heterocycles. The number of primary amides is 1. The molecule has 0 radical (unpaired) electrons. The van der Waals surface area contributed by atoms with E-state index in [1.54, 1.807) is 13.8 Å². The van der Waals surface area contributed by atoms with Crippen molar-refractivity contribution in [3.8, 4) is 0 Å². The molecule has 1 aromatic carbocycles. The number of hydrogen-bond acceptors (Lipinski definition) is 7. The van der Waals surface area contributed by atoms with Crippen molar-refractivity contribution in [1.29, 1.82) is 0 Å². The second kappa shape index (κ2) is 6.93. The van der Waals surface area contributed by atoms with Crippen LogP contribution in [0.2, 0.25) is 0 Å². The largest absolute Gasteiger partial charge is 0.447 e. The van der Waals surface area contributed by atoms with E-state index in [2.05, 4.69) is 0 Å². The van der Waals surface area contributed by atoms with Gasteiger partial charge in [0.2, 0.25) is 0 Å². The quantitative estimate of drug-likeness (QED) is 0.615. The molecule has 0 aromatic heterocycles. The molecule has 3 atom stereocenters. The van der Waals surface area contributed by atoms with Gasteiger partial charge in [-0.1, -0.05) is 30.3 Å². The van der Waals surface area contributed by atoms with Gasteiger partial charge in [0.15, 0.2) is 11.8 Å². The molecule has 0 bridgehead atoms. The highest BCUT2D eigenvalue weighted by atomic mass is 16.8. The number of nitrogens with zero attached hydrogens (tertiary/aromatic N) is 1. The monoisotopic (exact) mass is 364 g/mol. The van der Waals surface area contributed by atoms with E-state index in [0.29, 0.717) is 0 Å². The van der Waals surface area contributed by atoms with Crippen molar-refractivity contribution in [2.45, 2.75) is 44.4 Å². The predicted octanol–water partition coefficient (Wildman–Crippen LogP) is 1.15. The summed E-state index contributed by atoms with van der Waals surface area (Å²) in [6.07, 6.45) is -3.37. The van der Waals surface area contributed by atoms with Gasteiger partial charge in [0.1, 0.15) is 18.8 Å². The fourth-order valence-electron chi connectivity index (χ4n) is 3.12. The SMILES string of the molecule is CC1(C)O[C@@H]([C@H]2C(=O)OC(=O)N2Cc2ccccc2)[C@H](COC(N)=O)O1. The Morgan fingerprint density at radius 3 is 2.58 bits per heavy atom. The van der Waals surface area contributed by atoms with Crippen LogP contribution in [0.3, 0.4) is 0 Å². The summed E-state index contributed by atoms with van der Waals surface area (Å²) in [7, 11) is 0. The van der Waals surface area contributed by atoms with Crippen molar-refractivity contribution in [1.82, 2.24) is 4.90 Å². The number of benzene rings is 1. The first-order valence-electron chi connectivity index (χ1n) is 8.11. The van der Waals surface area contributed by atoms with Gasteiger partial charge in [-0.05, 0) is 19.4 Å². The maximum absolute atomic E-state index is 12.3. The van der Waals surface area contributed by atoms with Crippen molar-refractivity contribution < 1.29 is 33.3 Å². The van der Waals surface area contributed by atoms with Crippen LogP contribution in [0.5, 0.6) is 0 Å². The molecule has 26 heavy (non-hydrogen) atoms. The van der Waals surface area contributed by atoms with Crippen LogP contribution < -0.4 is 5.73 Å². The standard InChI is InChI=1S/C17H20N2O7/c1-17(2)25-11(9-23-15(18)21)13(26-17)12-14(20)24-16(22)19(12)8-10-6-4-3-5-7-10/h3-7,11-13H,8-9H2,1-2H3,(H2,18,21)/t11-,12-,13+/m0/s1. The summed E-state index contributed by atoms with van der Waals surface area (Å²) in [5.74, 6) is -1.76. The fourth-order valence-corrected chi connectivity index (χ4v) is 3.12. The summed E-state index contributed by atoms with van der Waals surface area (Å²) < 4.78 is 21.1. The van der Waals surface area contributed by atoms with E-state index in [0.717, 1.165) is 5.56 Å². The molecule has 2 fully saturated rings. The van der Waals surface area contributed by atoms with E-state index in [9.17, 15) is 14.4 Å². The van der Waals surface area contributed by atoms with Crippen molar-refractivity contribution in [3.05, 3.63) is 35.9 Å². The first kappa shape index (κ1) is 18.2. The van der Waals surface area contributed by atoms with Gasteiger partial charge in [0.25, 0.3) is 0 Å². The molecule has 2 amide bonds. The van der Waals surface area contributed by atoms with Crippen molar-refractivity contribution in [3.63, 3.8) is 0 Å². The third-order valence-corrected chi connectivity index (χ3v) is 4.12. The van der Waals surface area contributed by atoms with Gasteiger partial charge in [-0.2, -0.15) is 0 Å². The molecule has 3 rings (SSSR count). The van der Waals surface area contributed by atoms with Gasteiger partial charge in [-0.3, -0.25) is 4.90 Å². The molecule has 1 aromatic rings. The van der Waals surface area contributed by atoms with Gasteiger partial charge in [0, 0.05) is 0 Å². The van der Waals surface area contributed by atoms with E-state index in [4.69, 9.17) is 24.7 Å². The molecule has 9 heteroatoms. The van der Waals surface area contributed by atoms with Crippen LogP contribution in [0, 0.1) is 0 Å². The number of rotatable bonds is 5. The third-order valence-electron chi connectivity index (χ3n) is 4.12. The van der Waals surface area contributed by atoms with E-state index in [-0.39, 0.29) is 13.2 Å². The topological polar surface area (TPSA) is 117 Å². The molecule has 2 aliphatic rings. The number of esters is 1. The van der Waals surface area contributed by atoms with Crippen LogP contribution in [0.25, 0.3) is 0 Å². The minimum atomic E-state index is -1.03. The Morgan fingerprint density at radius 1 is 1.23 bits per heavy atom. The molecular formula is C17H20N2O7. The average Bonchev–Trinajstić information content (AvgIpc) is 3.01. The maximum atomic E-state index is 12.3. The first-order valence-corrected chi connectivity index (χ1v) is 8.11. The number of carbonyl (C=O) groups is 3. The summed E-state index contributed by atoms with van der Waals surface area (Å²) >= 11 is 0. The molecule has 0 aliphatic carbocycles. The van der Waals surface area contributed by atoms with Crippen LogP contribution in [0.4, 0.5) is 9.59 Å². The van der Waals surface area contributed by atoms with Crippen LogP contribution in [0.15, 0.2) is 30.3 Å². The highest BCUT2D eigenvalue weighted by Crippen LogP contribution is 2.34. The highest BCUT2D eigenvalue weighted by Gasteiger charge is 2.55. The summed E-state index contributed by atoms with van der Waals surface area (Å²) in [4.78, 5) is 36.7. The summed E-state index contributed by atoms with van der Waals surface area (Å²) in [6, 6.07) is 8.14. The number of ether oxygens (including phenoxy) is 4. The number of cyclic esters (lactones) is 2. The Kier molecular flexibility index (Phi) is 4.84. The summed E-state index contributed by atoms with van der Waals surface area (Å²) in [6.45, 7) is 3.28. The van der Waals surface area contributed by atoms with Gasteiger partial charge < -0.3 is 24.7 Å². The van der Waals surface area contributed by atoms with Crippen LogP contribution in [-0.2, 0) is 30.3 Å². The van der Waals surface area contributed by atoms with E-state index in [1.165, 1.54) is 4.90 Å². The zero-order valence-electron chi connectivity index (χ0n) is 14.4. The lowest BCUT2D eigenvalue weighted by Crippen LogP contribution is -2.49. The van der Waals surface area contributed by atoms with Crippen LogP contribution in [0.1, 0.15) is 19.4 Å². The van der Waals surface area contributed by atoms with Gasteiger partial charge in [-0.25, -0.2) is 14.4 Å². The number of amides is 2. The van der Waals surface area contributed by atoms with Crippen molar-refractivity contribution >= 4 is 18.2 Å². The molecular weight excluding hydrogens is 344 g/mol. The Hall–Kier alpha value is -2.65. The van der Waals surface area contributed by atoms with Crippen LogP contribution >= 0.6 is 0 Å². The molecule has 2 saturated heterocycles. The fraction of sp³-hybridized carbons (Fsp3) is 0.471. The molecule has 0 saturated carbocycles. The van der Waals surface area contributed by atoms with E-state index in [1.807, 2.05) is 30.3 Å². The minimum absolute atomic E-state index is 0.166. The molecule has 9 nitrogen and oxygen atoms in total. The van der Waals surface area contributed by atoms with Crippen molar-refractivity contribution in [2.24, 2.45) is 5.73 Å². The zero-order chi connectivity index (χ0) is 18.9. The Balaban J connectivity index is 1.83. The second-order valence-electron chi connectivity index (χ2n) is 6.51. The third kappa shape index (κ3) is 3.78. The van der Waals surface area contributed by atoms with Crippen LogP contribution in [-0.4, -0.2) is 53.7 Å². The molecule has 0 spiro atoms. The predicted molar refractivity (Wildman–Crippen MR) is 86.6 cm³/mol. The van der Waals surface area contributed by atoms with E-state index < -0.39 is 42.2 Å². The average molecular weight is 364 g/mol. The second-order valence-corrected chi connectivity index (χ2v) is 6.51. The summed E-state index contributed by atoms with van der Waals surface area (Å²) in [5, 5.41) is 0. The van der Waals surface area contributed by atoms with Gasteiger partial charge in [-0.15, -0.1) is 0 Å². The number of carbonyl (C=O) groups excluding carboxylic acids is 3. The lowest BCUT2D eigenvalue weighted by molar-refractivity contribution is -0.156.